The van der Waals surface area contributed by atoms with Crippen molar-refractivity contribution < 1.29 is 13.2 Å². The number of fused-ring (bicyclic) bond motifs is 1. The molecule has 2 aliphatic carbocycles. The number of halogens is 3. The van der Waals surface area contributed by atoms with Crippen molar-refractivity contribution in [3.05, 3.63) is 88.5 Å². The van der Waals surface area contributed by atoms with Crippen molar-refractivity contribution in [1.29, 1.82) is 0 Å². The van der Waals surface area contributed by atoms with Crippen LogP contribution in [0.15, 0.2) is 65.4 Å². The van der Waals surface area contributed by atoms with Gasteiger partial charge in [0, 0.05) is 42.7 Å². The van der Waals surface area contributed by atoms with Crippen molar-refractivity contribution >= 4 is 5.71 Å². The van der Waals surface area contributed by atoms with Gasteiger partial charge < -0.3 is 4.90 Å². The fraction of sp³-hybridized carbons (Fsp3) is 0.414. The third-order valence-corrected chi connectivity index (χ3v) is 7.77. The first-order valence-electron chi connectivity index (χ1n) is 13.0. The first-order chi connectivity index (χ1) is 17.8. The first-order valence-corrected chi connectivity index (χ1v) is 13.0. The minimum Gasteiger partial charge on any atom is -0.373 e. The molecule has 0 radical (unpaired) electrons. The minimum atomic E-state index is -4.48. The van der Waals surface area contributed by atoms with Gasteiger partial charge in [0.05, 0.1) is 11.8 Å². The lowest BCUT2D eigenvalue weighted by Crippen LogP contribution is -2.31. The molecule has 0 amide bonds. The first kappa shape index (κ1) is 23.9. The molecule has 2 fully saturated rings. The predicted molar refractivity (Wildman–Crippen MR) is 137 cm³/mol. The fourth-order valence-electron chi connectivity index (χ4n) is 5.77. The summed E-state index contributed by atoms with van der Waals surface area (Å²) in [5.74, 6) is 1.45. The van der Waals surface area contributed by atoms with E-state index in [1.165, 1.54) is 40.8 Å². The van der Waals surface area contributed by atoms with Gasteiger partial charge in [-0.15, -0.1) is 0 Å². The van der Waals surface area contributed by atoms with Crippen LogP contribution >= 0.6 is 0 Å². The van der Waals surface area contributed by atoms with Crippen molar-refractivity contribution in [2.75, 3.05) is 7.05 Å². The number of dihydropyridines is 1. The molecule has 3 aliphatic rings. The maximum Gasteiger partial charge on any atom is 0.435 e. The molecule has 0 bridgehead atoms. The SMILES string of the molecule is Cc1cc(C(F)(F)F)nn1-c1ccc(CN(C)C2=CC(c3ccccc3C3CC3)=NC3CCCC23)cn1. The molecule has 2 aromatic heterocycles. The number of alkyl halides is 3. The third kappa shape index (κ3) is 4.69. The number of allylic oxidation sites excluding steroid dienone is 1. The van der Waals surface area contributed by atoms with Crippen LogP contribution in [0.5, 0.6) is 0 Å². The molecule has 0 spiro atoms. The van der Waals surface area contributed by atoms with Crippen molar-refractivity contribution in [1.82, 2.24) is 19.7 Å². The average Bonchev–Trinajstić information content (AvgIpc) is 3.48. The fourth-order valence-corrected chi connectivity index (χ4v) is 5.77. The van der Waals surface area contributed by atoms with Gasteiger partial charge in [-0.1, -0.05) is 36.8 Å². The Morgan fingerprint density at radius 2 is 1.86 bits per heavy atom. The van der Waals surface area contributed by atoms with E-state index in [1.54, 1.807) is 19.2 Å². The van der Waals surface area contributed by atoms with E-state index in [-0.39, 0.29) is 0 Å². The van der Waals surface area contributed by atoms with E-state index in [0.717, 1.165) is 30.2 Å². The summed E-state index contributed by atoms with van der Waals surface area (Å²) < 4.78 is 40.4. The summed E-state index contributed by atoms with van der Waals surface area (Å²) in [6, 6.07) is 13.7. The van der Waals surface area contributed by atoms with E-state index in [9.17, 15) is 13.2 Å². The minimum absolute atomic E-state index is 0.316. The quantitative estimate of drug-likeness (QED) is 0.386. The highest BCUT2D eigenvalue weighted by Gasteiger charge is 2.36. The van der Waals surface area contributed by atoms with Crippen molar-refractivity contribution in [3.8, 4) is 5.82 Å². The number of benzene rings is 1. The van der Waals surface area contributed by atoms with Crippen LogP contribution < -0.4 is 0 Å². The molecule has 0 saturated heterocycles. The molecule has 8 heteroatoms. The summed E-state index contributed by atoms with van der Waals surface area (Å²) in [5, 5.41) is 3.71. The van der Waals surface area contributed by atoms with Crippen LogP contribution in [0.2, 0.25) is 0 Å². The molecule has 6 rings (SSSR count). The average molecular weight is 506 g/mol. The molecule has 1 aliphatic heterocycles. The van der Waals surface area contributed by atoms with Crippen LogP contribution in [0.4, 0.5) is 13.2 Å². The van der Waals surface area contributed by atoms with Gasteiger partial charge in [-0.2, -0.15) is 18.3 Å². The maximum absolute atomic E-state index is 13.1. The molecular formula is C29H30F3N5. The van der Waals surface area contributed by atoms with Gasteiger partial charge in [0.15, 0.2) is 11.5 Å². The molecule has 0 N–H and O–H groups in total. The lowest BCUT2D eigenvalue weighted by molar-refractivity contribution is -0.141. The second kappa shape index (κ2) is 9.15. The van der Waals surface area contributed by atoms with Gasteiger partial charge >= 0.3 is 6.18 Å². The van der Waals surface area contributed by atoms with E-state index >= 15 is 0 Å². The van der Waals surface area contributed by atoms with Crippen LogP contribution in [0.25, 0.3) is 5.82 Å². The summed E-state index contributed by atoms with van der Waals surface area (Å²) in [6.07, 6.45) is 5.47. The van der Waals surface area contributed by atoms with Crippen LogP contribution in [0, 0.1) is 12.8 Å². The Morgan fingerprint density at radius 3 is 2.57 bits per heavy atom. The lowest BCUT2D eigenvalue weighted by atomic mass is 9.90. The lowest BCUT2D eigenvalue weighted by Gasteiger charge is -2.33. The van der Waals surface area contributed by atoms with E-state index in [4.69, 9.17) is 4.99 Å². The highest BCUT2D eigenvalue weighted by atomic mass is 19.4. The van der Waals surface area contributed by atoms with E-state index in [1.807, 2.05) is 6.07 Å². The number of aryl methyl sites for hydroxylation is 1. The third-order valence-electron chi connectivity index (χ3n) is 7.77. The number of aliphatic imine (C=N–C) groups is 1. The van der Waals surface area contributed by atoms with Gasteiger partial charge in [-0.3, -0.25) is 4.99 Å². The molecule has 2 unspecified atom stereocenters. The Balaban J connectivity index is 1.24. The monoisotopic (exact) mass is 505 g/mol. The second-order valence-electron chi connectivity index (χ2n) is 10.5. The summed E-state index contributed by atoms with van der Waals surface area (Å²) >= 11 is 0. The number of nitrogens with zero attached hydrogens (tertiary/aromatic N) is 5. The Hall–Kier alpha value is -3.42. The Bertz CT molecular complexity index is 1360. The van der Waals surface area contributed by atoms with Gasteiger partial charge in [-0.05, 0) is 67.9 Å². The molecule has 1 aromatic carbocycles. The molecule has 37 heavy (non-hydrogen) atoms. The van der Waals surface area contributed by atoms with E-state index in [2.05, 4.69) is 52.4 Å². The normalized spacial score (nSPS) is 21.4. The Morgan fingerprint density at radius 1 is 1.05 bits per heavy atom. The van der Waals surface area contributed by atoms with Crippen LogP contribution in [0.1, 0.15) is 66.1 Å². The highest BCUT2D eigenvalue weighted by molar-refractivity contribution is 6.10. The molecular weight excluding hydrogens is 475 g/mol. The summed E-state index contributed by atoms with van der Waals surface area (Å²) in [6.45, 7) is 2.26. The summed E-state index contributed by atoms with van der Waals surface area (Å²) in [7, 11) is 2.11. The molecule has 3 heterocycles. The topological polar surface area (TPSA) is 46.3 Å². The molecule has 2 saturated carbocycles. The van der Waals surface area contributed by atoms with Crippen molar-refractivity contribution in [3.63, 3.8) is 0 Å². The molecule has 5 nitrogen and oxygen atoms in total. The van der Waals surface area contributed by atoms with Gasteiger partial charge in [-0.25, -0.2) is 9.67 Å². The summed E-state index contributed by atoms with van der Waals surface area (Å²) in [5.41, 5.74) is 5.55. The van der Waals surface area contributed by atoms with Gasteiger partial charge in [0.25, 0.3) is 0 Å². The number of pyridine rings is 1. The van der Waals surface area contributed by atoms with Crippen molar-refractivity contribution in [2.24, 2.45) is 10.9 Å². The standard InChI is InChI=1S/C29H30F3N5/c1-18-14-27(29(30,31)32)35-37(18)28-13-10-19(16-33-28)17-36(2)26-15-25(34-24-9-5-8-23(24)26)22-7-4-3-6-21(22)20-11-12-20/h3-4,6-7,10,13-16,20,23-24H,5,8-9,11-12,17H2,1-2H3. The Labute approximate surface area is 214 Å². The molecule has 3 aromatic rings. The number of aromatic nitrogens is 3. The largest absolute Gasteiger partial charge is 0.435 e. The molecule has 192 valence electrons. The van der Waals surface area contributed by atoms with Gasteiger partial charge in [0.2, 0.25) is 0 Å². The van der Waals surface area contributed by atoms with Crippen molar-refractivity contribution in [2.45, 2.75) is 63.7 Å². The van der Waals surface area contributed by atoms with Gasteiger partial charge in [0.1, 0.15) is 0 Å². The smallest absolute Gasteiger partial charge is 0.373 e. The summed E-state index contributed by atoms with van der Waals surface area (Å²) in [4.78, 5) is 11.9. The maximum atomic E-state index is 13.1. The second-order valence-corrected chi connectivity index (χ2v) is 10.5. The van der Waals surface area contributed by atoms with Crippen LogP contribution in [0.3, 0.4) is 0 Å². The highest BCUT2D eigenvalue weighted by Crippen LogP contribution is 2.44. The molecule has 2 atom stereocenters. The van der Waals surface area contributed by atoms with Crippen LogP contribution in [-0.4, -0.2) is 38.5 Å². The predicted octanol–water partition coefficient (Wildman–Crippen LogP) is 6.46. The number of rotatable bonds is 6. The van der Waals surface area contributed by atoms with E-state index < -0.39 is 11.9 Å². The Kier molecular flexibility index (Phi) is 5.92. The van der Waals surface area contributed by atoms with Crippen LogP contribution in [-0.2, 0) is 12.7 Å². The number of hydrogen-bond acceptors (Lipinski definition) is 4. The number of hydrogen-bond donors (Lipinski definition) is 0. The zero-order valence-electron chi connectivity index (χ0n) is 21.0. The zero-order chi connectivity index (χ0) is 25.7. The van der Waals surface area contributed by atoms with E-state index in [0.29, 0.717) is 35.9 Å². The zero-order valence-corrected chi connectivity index (χ0v) is 21.0.